The molecule has 1 amide bonds. The molecule has 2 aromatic heterocycles. The molecule has 1 spiro atoms. The van der Waals surface area contributed by atoms with Crippen molar-refractivity contribution in [2.45, 2.75) is 65.1 Å². The summed E-state index contributed by atoms with van der Waals surface area (Å²) in [4.78, 5) is 22.9. The summed E-state index contributed by atoms with van der Waals surface area (Å²) in [5.41, 5.74) is 2.63. The minimum atomic E-state index is -0.320. The second kappa shape index (κ2) is 9.37. The molecule has 0 N–H and O–H groups in total. The number of ether oxygens (including phenoxy) is 3. The van der Waals surface area contributed by atoms with Gasteiger partial charge < -0.3 is 19.1 Å². The number of hydrogen-bond donors (Lipinski definition) is 0. The van der Waals surface area contributed by atoms with Gasteiger partial charge in [0.05, 0.1) is 62.3 Å². The Morgan fingerprint density at radius 1 is 1.23 bits per heavy atom. The minimum Gasteiger partial charge on any atom is -0.376 e. The first kappa shape index (κ1) is 21.8. The van der Waals surface area contributed by atoms with E-state index in [2.05, 4.69) is 20.3 Å². The molecule has 0 atom stereocenters. The number of hydrogen-bond acceptors (Lipinski definition) is 8. The van der Waals surface area contributed by atoms with Gasteiger partial charge >= 0.3 is 0 Å². The number of aryl methyl sites for hydroxylation is 1. The third-order valence-corrected chi connectivity index (χ3v) is 5.75. The highest BCUT2D eigenvalue weighted by molar-refractivity contribution is 5.92. The molecule has 0 radical (unpaired) electrons. The fourth-order valence-corrected chi connectivity index (χ4v) is 3.90. The van der Waals surface area contributed by atoms with Gasteiger partial charge in [-0.15, -0.1) is 5.10 Å². The molecule has 2 aliphatic heterocycles. The van der Waals surface area contributed by atoms with E-state index in [1.807, 2.05) is 30.4 Å². The Bertz CT molecular complexity index is 890. The van der Waals surface area contributed by atoms with Crippen LogP contribution in [0.3, 0.4) is 0 Å². The van der Waals surface area contributed by atoms with E-state index in [0.29, 0.717) is 51.8 Å². The second-order valence-electron chi connectivity index (χ2n) is 8.42. The molecule has 1 fully saturated rings. The van der Waals surface area contributed by atoms with Gasteiger partial charge in [-0.1, -0.05) is 5.21 Å². The average molecular weight is 431 g/mol. The molecule has 2 aromatic rings. The second-order valence-corrected chi connectivity index (χ2v) is 8.42. The van der Waals surface area contributed by atoms with E-state index in [9.17, 15) is 4.79 Å². The van der Waals surface area contributed by atoms with Crippen molar-refractivity contribution in [2.24, 2.45) is 0 Å². The maximum atomic E-state index is 12.7. The van der Waals surface area contributed by atoms with Crippen LogP contribution >= 0.6 is 0 Å². The van der Waals surface area contributed by atoms with E-state index in [1.165, 1.54) is 0 Å². The van der Waals surface area contributed by atoms with E-state index in [0.717, 1.165) is 29.9 Å². The molecular formula is C21H30N6O4. The summed E-state index contributed by atoms with van der Waals surface area (Å²) in [5, 5.41) is 8.61. The first-order valence-electron chi connectivity index (χ1n) is 10.8. The maximum Gasteiger partial charge on any atom is 0.274 e. The van der Waals surface area contributed by atoms with Crippen LogP contribution < -0.4 is 0 Å². The van der Waals surface area contributed by atoms with Crippen LogP contribution in [0.25, 0.3) is 0 Å². The molecular weight excluding hydrogens is 400 g/mol. The summed E-state index contributed by atoms with van der Waals surface area (Å²) < 4.78 is 19.4. The zero-order valence-corrected chi connectivity index (χ0v) is 18.4. The number of piperidine rings is 1. The summed E-state index contributed by atoms with van der Waals surface area (Å²) in [5.74, 6) is -0.0829. The van der Waals surface area contributed by atoms with E-state index < -0.39 is 0 Å². The van der Waals surface area contributed by atoms with E-state index in [-0.39, 0.29) is 17.6 Å². The van der Waals surface area contributed by atoms with Crippen LogP contribution in [0.2, 0.25) is 0 Å². The summed E-state index contributed by atoms with van der Waals surface area (Å²) in [6.45, 7) is 9.64. The number of fused-ring (bicyclic) bond motifs is 1. The summed E-state index contributed by atoms with van der Waals surface area (Å²) >= 11 is 0. The maximum absolute atomic E-state index is 12.7. The topological polar surface area (TPSA) is 104 Å². The van der Waals surface area contributed by atoms with Gasteiger partial charge in [0.1, 0.15) is 11.4 Å². The standard InChI is InChI=1S/C21H30N6O4/c1-15(2)30-9-8-29-12-18-19-13-31-21(14-27(19)25-24-18)4-6-26(7-5-21)20(28)17-11-22-16(3)10-23-17/h10-11,15H,4-9,12-14H2,1-3H3. The third kappa shape index (κ3) is 5.08. The van der Waals surface area contributed by atoms with Crippen molar-refractivity contribution in [3.8, 4) is 0 Å². The van der Waals surface area contributed by atoms with E-state index in [4.69, 9.17) is 14.2 Å². The summed E-state index contributed by atoms with van der Waals surface area (Å²) in [6, 6.07) is 0. The Kier molecular flexibility index (Phi) is 6.59. The molecule has 10 heteroatoms. The van der Waals surface area contributed by atoms with Gasteiger partial charge in [0.25, 0.3) is 5.91 Å². The lowest BCUT2D eigenvalue weighted by Crippen LogP contribution is -2.52. The normalized spacial score (nSPS) is 17.9. The fraction of sp³-hybridized carbons (Fsp3) is 0.667. The van der Waals surface area contributed by atoms with Crippen molar-refractivity contribution in [1.29, 1.82) is 0 Å². The van der Waals surface area contributed by atoms with Gasteiger partial charge in [0, 0.05) is 19.3 Å². The van der Waals surface area contributed by atoms with Crippen molar-refractivity contribution >= 4 is 5.91 Å². The Morgan fingerprint density at radius 2 is 2.03 bits per heavy atom. The van der Waals surface area contributed by atoms with Gasteiger partial charge in [-0.05, 0) is 33.6 Å². The average Bonchev–Trinajstić information content (AvgIpc) is 3.15. The fourth-order valence-electron chi connectivity index (χ4n) is 3.90. The predicted octanol–water partition coefficient (Wildman–Crippen LogP) is 1.52. The van der Waals surface area contributed by atoms with Crippen LogP contribution in [0, 0.1) is 6.92 Å². The molecule has 1 saturated heterocycles. The molecule has 0 saturated carbocycles. The van der Waals surface area contributed by atoms with Gasteiger partial charge in [0.15, 0.2) is 0 Å². The first-order chi connectivity index (χ1) is 15.0. The third-order valence-electron chi connectivity index (χ3n) is 5.75. The number of rotatable bonds is 7. The quantitative estimate of drug-likeness (QED) is 0.609. The largest absolute Gasteiger partial charge is 0.376 e. The predicted molar refractivity (Wildman–Crippen MR) is 110 cm³/mol. The van der Waals surface area contributed by atoms with Crippen LogP contribution in [-0.2, 0) is 34.0 Å². The lowest BCUT2D eigenvalue weighted by Gasteiger charge is -2.43. The SMILES string of the molecule is Cc1cnc(C(=O)N2CCC3(CC2)Cn2nnc(COCCOC(C)C)c2CO3)cn1. The van der Waals surface area contributed by atoms with Crippen molar-refractivity contribution in [2.75, 3.05) is 26.3 Å². The van der Waals surface area contributed by atoms with Gasteiger partial charge in [0.2, 0.25) is 0 Å². The van der Waals surface area contributed by atoms with Gasteiger partial charge in [-0.25, -0.2) is 9.67 Å². The Morgan fingerprint density at radius 3 is 2.74 bits per heavy atom. The first-order valence-corrected chi connectivity index (χ1v) is 10.8. The molecule has 10 nitrogen and oxygen atoms in total. The monoisotopic (exact) mass is 430 g/mol. The highest BCUT2D eigenvalue weighted by Crippen LogP contribution is 2.33. The van der Waals surface area contributed by atoms with Crippen LogP contribution in [0.1, 0.15) is 54.3 Å². The van der Waals surface area contributed by atoms with Crippen molar-refractivity contribution < 1.29 is 19.0 Å². The smallest absolute Gasteiger partial charge is 0.274 e. The number of likely N-dealkylation sites (tertiary alicyclic amines) is 1. The van der Waals surface area contributed by atoms with Crippen LogP contribution in [0.15, 0.2) is 12.4 Å². The lowest BCUT2D eigenvalue weighted by molar-refractivity contribution is -0.120. The zero-order valence-electron chi connectivity index (χ0n) is 18.4. The van der Waals surface area contributed by atoms with Crippen LogP contribution in [0.5, 0.6) is 0 Å². The molecule has 0 aliphatic carbocycles. The lowest BCUT2D eigenvalue weighted by atomic mass is 9.89. The number of aromatic nitrogens is 5. The van der Waals surface area contributed by atoms with Crippen LogP contribution in [-0.4, -0.2) is 73.8 Å². The van der Waals surface area contributed by atoms with E-state index >= 15 is 0 Å². The Balaban J connectivity index is 1.30. The highest BCUT2D eigenvalue weighted by atomic mass is 16.5. The molecule has 168 valence electrons. The molecule has 0 aromatic carbocycles. The van der Waals surface area contributed by atoms with Crippen molar-refractivity contribution in [1.82, 2.24) is 29.9 Å². The summed E-state index contributed by atoms with van der Waals surface area (Å²) in [6.07, 6.45) is 4.85. The number of carbonyl (C=O) groups is 1. The minimum absolute atomic E-state index is 0.0829. The molecule has 4 heterocycles. The molecule has 0 unspecified atom stereocenters. The van der Waals surface area contributed by atoms with Crippen molar-refractivity contribution in [3.63, 3.8) is 0 Å². The van der Waals surface area contributed by atoms with Gasteiger partial charge in [-0.2, -0.15) is 0 Å². The molecule has 31 heavy (non-hydrogen) atoms. The zero-order chi connectivity index (χ0) is 21.8. The van der Waals surface area contributed by atoms with Crippen molar-refractivity contribution in [3.05, 3.63) is 35.2 Å². The van der Waals surface area contributed by atoms with Crippen LogP contribution in [0.4, 0.5) is 0 Å². The number of carbonyl (C=O) groups excluding carboxylic acids is 1. The Labute approximate surface area is 181 Å². The molecule has 0 bridgehead atoms. The van der Waals surface area contributed by atoms with Gasteiger partial charge in [-0.3, -0.25) is 9.78 Å². The molecule has 2 aliphatic rings. The summed E-state index contributed by atoms with van der Waals surface area (Å²) in [7, 11) is 0. The van der Waals surface area contributed by atoms with E-state index in [1.54, 1.807) is 12.4 Å². The number of amides is 1. The Hall–Kier alpha value is -2.43. The highest BCUT2D eigenvalue weighted by Gasteiger charge is 2.41. The number of nitrogens with zero attached hydrogens (tertiary/aromatic N) is 6. The molecule has 4 rings (SSSR count).